The summed E-state index contributed by atoms with van der Waals surface area (Å²) in [5.74, 6) is 0.596. The average Bonchev–Trinajstić information content (AvgIpc) is 1.95. The highest BCUT2D eigenvalue weighted by Gasteiger charge is 2.11. The molecule has 0 amide bonds. The van der Waals surface area contributed by atoms with Crippen LogP contribution in [0.2, 0.25) is 0 Å². The Morgan fingerprint density at radius 1 is 1.56 bits per heavy atom. The van der Waals surface area contributed by atoms with Crippen LogP contribution in [0, 0.1) is 5.92 Å². The summed E-state index contributed by atoms with van der Waals surface area (Å²) in [4.78, 5) is 10.1. The van der Waals surface area contributed by atoms with Gasteiger partial charge >= 0.3 is 0 Å². The Kier molecular flexibility index (Phi) is 2.21. The van der Waals surface area contributed by atoms with Gasteiger partial charge in [0.25, 0.3) is 0 Å². The van der Waals surface area contributed by atoms with Crippen LogP contribution in [0.25, 0.3) is 0 Å². The Morgan fingerprint density at radius 3 is 2.78 bits per heavy atom. The summed E-state index contributed by atoms with van der Waals surface area (Å²) in [7, 11) is 0. The second kappa shape index (κ2) is 3.65. The minimum atomic E-state index is 0.155. The average molecular weight is 128 g/mol. The molecule has 1 aliphatic carbocycles. The molecule has 1 nitrogen and oxygen atoms in total. The monoisotopic (exact) mass is 128 g/mol. The highest BCUT2D eigenvalue weighted by atomic mass is 16.1. The molecule has 0 aromatic heterocycles. The van der Waals surface area contributed by atoms with Crippen molar-refractivity contribution in [3.63, 3.8) is 0 Å². The lowest BCUT2D eigenvalue weighted by atomic mass is 9.87. The molecule has 1 saturated carbocycles. The van der Waals surface area contributed by atoms with E-state index in [4.69, 9.17) is 1.37 Å². The van der Waals surface area contributed by atoms with Crippen molar-refractivity contribution >= 4 is 6.29 Å². The van der Waals surface area contributed by atoms with Crippen molar-refractivity contribution in [2.24, 2.45) is 5.92 Å². The maximum atomic E-state index is 10.1. The van der Waals surface area contributed by atoms with Gasteiger partial charge in [-0.3, -0.25) is 0 Å². The van der Waals surface area contributed by atoms with Crippen molar-refractivity contribution in [3.05, 3.63) is 0 Å². The summed E-state index contributed by atoms with van der Waals surface area (Å²) in [6, 6.07) is 0. The first-order valence-corrected chi connectivity index (χ1v) is 3.69. The molecule has 0 aliphatic heterocycles. The lowest BCUT2D eigenvalue weighted by Crippen LogP contribution is -2.05. The molecule has 0 aromatic rings. The molecule has 1 heteroatoms. The molecule has 0 bridgehead atoms. The largest absolute Gasteiger partial charge is 0.303 e. The Balaban J connectivity index is 2.19. The van der Waals surface area contributed by atoms with E-state index in [-0.39, 0.29) is 6.40 Å². The van der Waals surface area contributed by atoms with Crippen molar-refractivity contribution in [2.45, 2.75) is 38.5 Å². The fraction of sp³-hybridized carbons (Fsp3) is 0.875. The number of hydrogen-bond donors (Lipinski definition) is 0. The molecule has 0 spiro atoms. The Bertz CT molecular complexity index is 106. The maximum Gasteiger partial charge on any atom is 0.120 e. The summed E-state index contributed by atoms with van der Waals surface area (Å²) >= 11 is 0. The summed E-state index contributed by atoms with van der Waals surface area (Å²) in [5, 5.41) is 0. The summed E-state index contributed by atoms with van der Waals surface area (Å²) in [6.07, 6.45) is 6.06. The molecular weight excluding hydrogens is 112 g/mol. The third-order valence-corrected chi connectivity index (χ3v) is 1.99. The Hall–Kier alpha value is -0.330. The maximum absolute atomic E-state index is 10.1. The molecule has 0 heterocycles. The lowest BCUT2D eigenvalue weighted by molar-refractivity contribution is -0.108. The van der Waals surface area contributed by atoms with E-state index in [0.717, 1.165) is 32.0 Å². The van der Waals surface area contributed by atoms with E-state index >= 15 is 0 Å². The van der Waals surface area contributed by atoms with Gasteiger partial charge in [0, 0.05) is 7.79 Å². The molecule has 0 atom stereocenters. The van der Waals surface area contributed by atoms with Crippen molar-refractivity contribution in [1.29, 1.82) is 0 Å². The molecule has 52 valence electrons. The first-order valence-electron chi connectivity index (χ1n) is 4.26. The van der Waals surface area contributed by atoms with Gasteiger partial charge in [-0.05, 0) is 5.92 Å². The summed E-state index contributed by atoms with van der Waals surface area (Å²) < 4.78 is 7.41. The first-order chi connectivity index (χ1) is 4.83. The van der Waals surface area contributed by atoms with E-state index in [9.17, 15) is 4.79 Å². The smallest absolute Gasteiger partial charge is 0.120 e. The quantitative estimate of drug-likeness (QED) is 0.521. The van der Waals surface area contributed by atoms with Gasteiger partial charge in [0.15, 0.2) is 0 Å². The number of carbonyl (C=O) groups excluding carboxylic acids is 1. The highest BCUT2D eigenvalue weighted by Crippen LogP contribution is 2.24. The fourth-order valence-corrected chi connectivity index (χ4v) is 1.37. The van der Waals surface area contributed by atoms with E-state index in [1.807, 2.05) is 0 Å². The van der Waals surface area contributed by atoms with Gasteiger partial charge in [-0.1, -0.05) is 32.1 Å². The van der Waals surface area contributed by atoms with Crippen molar-refractivity contribution < 1.29 is 6.17 Å². The molecule has 0 aromatic carbocycles. The van der Waals surface area contributed by atoms with Crippen molar-refractivity contribution in [3.8, 4) is 0 Å². The van der Waals surface area contributed by atoms with E-state index < -0.39 is 0 Å². The van der Waals surface area contributed by atoms with Gasteiger partial charge in [-0.25, -0.2) is 0 Å². The Morgan fingerprint density at radius 2 is 2.22 bits per heavy atom. The SMILES string of the molecule is [3H]C1CCC(CC=O)CC1. The first kappa shape index (κ1) is 5.45. The number of rotatable bonds is 2. The van der Waals surface area contributed by atoms with Crippen LogP contribution in [0.4, 0.5) is 0 Å². The van der Waals surface area contributed by atoms with Gasteiger partial charge < -0.3 is 4.79 Å². The summed E-state index contributed by atoms with van der Waals surface area (Å²) in [6.45, 7) is 0. The number of aldehydes is 1. The van der Waals surface area contributed by atoms with Crippen LogP contribution in [-0.4, -0.2) is 6.29 Å². The molecule has 1 aliphatic rings. The van der Waals surface area contributed by atoms with Crippen LogP contribution in [0.1, 0.15) is 39.9 Å². The van der Waals surface area contributed by atoms with E-state index in [2.05, 4.69) is 0 Å². The lowest BCUT2D eigenvalue weighted by Gasteiger charge is -2.18. The molecule has 0 N–H and O–H groups in total. The van der Waals surface area contributed by atoms with Crippen LogP contribution >= 0.6 is 0 Å². The fourth-order valence-electron chi connectivity index (χ4n) is 1.37. The number of hydrogen-bond acceptors (Lipinski definition) is 1. The highest BCUT2D eigenvalue weighted by molar-refractivity contribution is 5.49. The van der Waals surface area contributed by atoms with Crippen LogP contribution < -0.4 is 0 Å². The minimum Gasteiger partial charge on any atom is -0.303 e. The van der Waals surface area contributed by atoms with Gasteiger partial charge in [0.2, 0.25) is 0 Å². The van der Waals surface area contributed by atoms with Gasteiger partial charge in [-0.2, -0.15) is 0 Å². The molecule has 1 rings (SSSR count). The van der Waals surface area contributed by atoms with Crippen LogP contribution in [0.15, 0.2) is 0 Å². The van der Waals surface area contributed by atoms with E-state index in [1.54, 1.807) is 0 Å². The Labute approximate surface area is 57.9 Å². The molecule has 0 unspecified atom stereocenters. The van der Waals surface area contributed by atoms with Crippen LogP contribution in [0.3, 0.4) is 0 Å². The van der Waals surface area contributed by atoms with E-state index in [1.165, 1.54) is 0 Å². The van der Waals surface area contributed by atoms with Gasteiger partial charge in [-0.15, -0.1) is 0 Å². The minimum absolute atomic E-state index is 0.155. The predicted molar refractivity (Wildman–Crippen MR) is 37.3 cm³/mol. The van der Waals surface area contributed by atoms with Crippen molar-refractivity contribution in [2.75, 3.05) is 0 Å². The third-order valence-electron chi connectivity index (χ3n) is 1.99. The van der Waals surface area contributed by atoms with Crippen LogP contribution in [-0.2, 0) is 4.79 Å². The number of carbonyl (C=O) groups is 1. The normalized spacial score (nSPS) is 37.6. The molecular formula is C8H14O. The zero-order chi connectivity index (χ0) is 7.40. The van der Waals surface area contributed by atoms with Gasteiger partial charge in [0.05, 0.1) is 0 Å². The zero-order valence-corrected chi connectivity index (χ0v) is 5.68. The standard InChI is InChI=1S/C8H14O/c9-7-6-8-4-2-1-3-5-8/h7-8H,1-6H2/i1T. The predicted octanol–water partition coefficient (Wildman–Crippen LogP) is 2.16. The van der Waals surface area contributed by atoms with E-state index in [0.29, 0.717) is 12.3 Å². The topological polar surface area (TPSA) is 17.1 Å². The molecule has 0 saturated heterocycles. The molecule has 9 heavy (non-hydrogen) atoms. The molecule has 1 fully saturated rings. The second-order valence-corrected chi connectivity index (χ2v) is 2.71. The third kappa shape index (κ3) is 2.17. The van der Waals surface area contributed by atoms with Crippen molar-refractivity contribution in [1.82, 2.24) is 0 Å². The van der Waals surface area contributed by atoms with Gasteiger partial charge in [0.1, 0.15) is 6.29 Å². The molecule has 0 radical (unpaired) electrons. The van der Waals surface area contributed by atoms with Crippen LogP contribution in [0.5, 0.6) is 0 Å². The second-order valence-electron chi connectivity index (χ2n) is 2.71. The summed E-state index contributed by atoms with van der Waals surface area (Å²) in [5.41, 5.74) is 0. The zero-order valence-electron chi connectivity index (χ0n) is 6.68.